The van der Waals surface area contributed by atoms with Gasteiger partial charge in [0.05, 0.1) is 16.1 Å². The average molecular weight is 311 g/mol. The summed E-state index contributed by atoms with van der Waals surface area (Å²) in [6.07, 6.45) is 2.09. The second-order valence-electron chi connectivity index (χ2n) is 5.40. The van der Waals surface area contributed by atoms with Gasteiger partial charge in [0.25, 0.3) is 5.91 Å². The molecular formula is C15H25N3O2S. The van der Waals surface area contributed by atoms with Crippen LogP contribution in [0, 0.1) is 5.92 Å². The standard InChI is InChI=1S/C15H25N3O2S/c1-6-7-8-18(5)15-10(14(20)17-4)11(16)13(21-15)12(19)9(2)3/h9H,6-8,16H2,1-5H3,(H,17,20). The van der Waals surface area contributed by atoms with Gasteiger partial charge in [-0.25, -0.2) is 0 Å². The summed E-state index contributed by atoms with van der Waals surface area (Å²) < 4.78 is 0. The van der Waals surface area contributed by atoms with Crippen molar-refractivity contribution < 1.29 is 9.59 Å². The number of thiophene rings is 1. The number of carbonyl (C=O) groups is 2. The van der Waals surface area contributed by atoms with E-state index in [9.17, 15) is 9.59 Å². The van der Waals surface area contributed by atoms with E-state index in [1.165, 1.54) is 11.3 Å². The Kier molecular flexibility index (Phi) is 6.20. The highest BCUT2D eigenvalue weighted by molar-refractivity contribution is 7.19. The van der Waals surface area contributed by atoms with E-state index in [0.717, 1.165) is 24.4 Å². The van der Waals surface area contributed by atoms with Gasteiger partial charge in [0.2, 0.25) is 0 Å². The lowest BCUT2D eigenvalue weighted by Crippen LogP contribution is -2.24. The highest BCUT2D eigenvalue weighted by Gasteiger charge is 2.27. The minimum atomic E-state index is -0.245. The van der Waals surface area contributed by atoms with Crippen molar-refractivity contribution in [2.45, 2.75) is 33.6 Å². The highest BCUT2D eigenvalue weighted by atomic mass is 32.1. The monoisotopic (exact) mass is 311 g/mol. The minimum absolute atomic E-state index is 0.0159. The van der Waals surface area contributed by atoms with Gasteiger partial charge in [-0.3, -0.25) is 9.59 Å². The SMILES string of the molecule is CCCCN(C)c1sc(C(=O)C(C)C)c(N)c1C(=O)NC. The number of nitrogens with one attached hydrogen (secondary N) is 1. The average Bonchev–Trinajstić information content (AvgIpc) is 2.80. The van der Waals surface area contributed by atoms with Crippen molar-refractivity contribution in [3.63, 3.8) is 0 Å². The Bertz CT molecular complexity index is 523. The molecule has 1 aromatic rings. The van der Waals surface area contributed by atoms with E-state index in [1.54, 1.807) is 7.05 Å². The molecule has 118 valence electrons. The predicted octanol–water partition coefficient (Wildman–Crippen LogP) is 2.76. The van der Waals surface area contributed by atoms with Gasteiger partial charge in [0, 0.05) is 26.6 Å². The first-order valence-corrected chi connectivity index (χ1v) is 8.06. The Morgan fingerprint density at radius 3 is 2.48 bits per heavy atom. The number of unbranched alkanes of at least 4 members (excludes halogenated alkanes) is 1. The fourth-order valence-corrected chi connectivity index (χ4v) is 3.28. The van der Waals surface area contributed by atoms with Gasteiger partial charge in [-0.2, -0.15) is 0 Å². The van der Waals surface area contributed by atoms with Crippen molar-refractivity contribution in [3.05, 3.63) is 10.4 Å². The number of hydrogen-bond acceptors (Lipinski definition) is 5. The van der Waals surface area contributed by atoms with Gasteiger partial charge < -0.3 is 16.0 Å². The molecule has 0 fully saturated rings. The van der Waals surface area contributed by atoms with E-state index in [2.05, 4.69) is 12.2 Å². The van der Waals surface area contributed by atoms with Crippen molar-refractivity contribution in [2.24, 2.45) is 5.92 Å². The number of nitrogens with zero attached hydrogens (tertiary/aromatic N) is 1. The van der Waals surface area contributed by atoms with E-state index in [1.807, 2.05) is 25.8 Å². The molecule has 1 heterocycles. The van der Waals surface area contributed by atoms with E-state index in [0.29, 0.717) is 16.1 Å². The maximum atomic E-state index is 12.3. The van der Waals surface area contributed by atoms with Gasteiger partial charge in [0.1, 0.15) is 5.00 Å². The Balaban J connectivity index is 3.31. The summed E-state index contributed by atoms with van der Waals surface area (Å²) in [4.78, 5) is 26.9. The van der Waals surface area contributed by atoms with Crippen LogP contribution in [-0.2, 0) is 0 Å². The van der Waals surface area contributed by atoms with Gasteiger partial charge in [0.15, 0.2) is 5.78 Å². The van der Waals surface area contributed by atoms with E-state index < -0.39 is 0 Å². The van der Waals surface area contributed by atoms with Crippen molar-refractivity contribution in [3.8, 4) is 0 Å². The van der Waals surface area contributed by atoms with Crippen molar-refractivity contribution in [1.29, 1.82) is 0 Å². The first kappa shape index (κ1) is 17.5. The molecule has 0 saturated carbocycles. The molecule has 0 aromatic carbocycles. The third-order valence-electron chi connectivity index (χ3n) is 3.32. The third-order valence-corrected chi connectivity index (χ3v) is 4.66. The smallest absolute Gasteiger partial charge is 0.256 e. The van der Waals surface area contributed by atoms with Crippen LogP contribution in [0.25, 0.3) is 0 Å². The van der Waals surface area contributed by atoms with Gasteiger partial charge in [-0.1, -0.05) is 27.2 Å². The summed E-state index contributed by atoms with van der Waals surface area (Å²) in [6, 6.07) is 0. The summed E-state index contributed by atoms with van der Waals surface area (Å²) in [5.41, 5.74) is 6.81. The number of Topliss-reactive ketones (excluding diaryl/α,β-unsaturated/α-hetero) is 1. The molecule has 0 spiro atoms. The minimum Gasteiger partial charge on any atom is -0.397 e. The first-order chi connectivity index (χ1) is 9.84. The molecule has 1 aromatic heterocycles. The van der Waals surface area contributed by atoms with Crippen molar-refractivity contribution >= 4 is 33.7 Å². The van der Waals surface area contributed by atoms with Gasteiger partial charge in [-0.15, -0.1) is 11.3 Å². The maximum absolute atomic E-state index is 12.3. The van der Waals surface area contributed by atoms with Crippen molar-refractivity contribution in [2.75, 3.05) is 31.3 Å². The second kappa shape index (κ2) is 7.45. The normalized spacial score (nSPS) is 10.8. The fourth-order valence-electron chi connectivity index (χ4n) is 1.99. The number of carbonyl (C=O) groups excluding carboxylic acids is 2. The van der Waals surface area contributed by atoms with Crippen LogP contribution in [0.3, 0.4) is 0 Å². The molecule has 5 nitrogen and oxygen atoms in total. The summed E-state index contributed by atoms with van der Waals surface area (Å²) in [5, 5.41) is 3.37. The van der Waals surface area contributed by atoms with Crippen LogP contribution in [0.4, 0.5) is 10.7 Å². The quantitative estimate of drug-likeness (QED) is 0.759. The number of ketones is 1. The molecular weight excluding hydrogens is 286 g/mol. The zero-order valence-electron chi connectivity index (χ0n) is 13.4. The Labute approximate surface area is 130 Å². The van der Waals surface area contributed by atoms with E-state index in [4.69, 9.17) is 5.73 Å². The molecule has 1 rings (SSSR count). The maximum Gasteiger partial charge on any atom is 0.256 e. The number of nitrogen functional groups attached to an aromatic ring is 1. The summed E-state index contributed by atoms with van der Waals surface area (Å²) >= 11 is 1.32. The molecule has 0 aliphatic heterocycles. The van der Waals surface area contributed by atoms with Crippen molar-refractivity contribution in [1.82, 2.24) is 5.32 Å². The lowest BCUT2D eigenvalue weighted by molar-refractivity contribution is 0.0944. The lowest BCUT2D eigenvalue weighted by Gasteiger charge is -2.18. The number of anilines is 2. The summed E-state index contributed by atoms with van der Waals surface area (Å²) in [5.74, 6) is -0.403. The molecule has 6 heteroatoms. The van der Waals surface area contributed by atoms with Gasteiger partial charge in [-0.05, 0) is 6.42 Å². The Hall–Kier alpha value is -1.56. The fraction of sp³-hybridized carbons (Fsp3) is 0.600. The number of rotatable bonds is 7. The molecule has 0 saturated heterocycles. The largest absolute Gasteiger partial charge is 0.397 e. The summed E-state index contributed by atoms with van der Waals surface area (Å²) in [7, 11) is 3.50. The molecule has 0 radical (unpaired) electrons. The van der Waals surface area contributed by atoms with Crippen LogP contribution in [0.15, 0.2) is 0 Å². The van der Waals surface area contributed by atoms with Crippen LogP contribution >= 0.6 is 11.3 Å². The van der Waals surface area contributed by atoms with Crippen LogP contribution in [0.5, 0.6) is 0 Å². The highest BCUT2D eigenvalue weighted by Crippen LogP contribution is 2.39. The Morgan fingerprint density at radius 2 is 2.00 bits per heavy atom. The number of hydrogen-bond donors (Lipinski definition) is 2. The van der Waals surface area contributed by atoms with E-state index >= 15 is 0 Å². The molecule has 3 N–H and O–H groups in total. The van der Waals surface area contributed by atoms with Crippen LogP contribution < -0.4 is 16.0 Å². The van der Waals surface area contributed by atoms with Gasteiger partial charge >= 0.3 is 0 Å². The van der Waals surface area contributed by atoms with Crippen LogP contribution in [0.1, 0.15) is 53.6 Å². The molecule has 21 heavy (non-hydrogen) atoms. The lowest BCUT2D eigenvalue weighted by atomic mass is 10.1. The molecule has 0 aliphatic rings. The molecule has 0 atom stereocenters. The third kappa shape index (κ3) is 3.75. The molecule has 1 amide bonds. The zero-order valence-corrected chi connectivity index (χ0v) is 14.3. The predicted molar refractivity (Wildman–Crippen MR) is 89.5 cm³/mol. The Morgan fingerprint density at radius 1 is 1.38 bits per heavy atom. The van der Waals surface area contributed by atoms with Crippen LogP contribution in [0.2, 0.25) is 0 Å². The topological polar surface area (TPSA) is 75.4 Å². The number of amides is 1. The van der Waals surface area contributed by atoms with E-state index in [-0.39, 0.29) is 17.6 Å². The molecule has 0 bridgehead atoms. The first-order valence-electron chi connectivity index (χ1n) is 7.24. The number of nitrogens with two attached hydrogens (primary N) is 1. The summed E-state index contributed by atoms with van der Waals surface area (Å²) in [6.45, 7) is 6.61. The molecule has 0 unspecified atom stereocenters. The van der Waals surface area contributed by atoms with Crippen LogP contribution in [-0.4, -0.2) is 32.3 Å². The zero-order chi connectivity index (χ0) is 16.2. The molecule has 0 aliphatic carbocycles. The second-order valence-corrected chi connectivity index (χ2v) is 6.40.